The maximum Gasteiger partial charge on any atom is 0.247 e. The predicted octanol–water partition coefficient (Wildman–Crippen LogP) is 5.02. The van der Waals surface area contributed by atoms with E-state index < -0.39 is 5.38 Å². The zero-order valence-electron chi connectivity index (χ0n) is 9.74. The van der Waals surface area contributed by atoms with Gasteiger partial charge in [0.15, 0.2) is 0 Å². The second-order valence-electron chi connectivity index (χ2n) is 3.89. The van der Waals surface area contributed by atoms with Crippen molar-refractivity contribution in [2.45, 2.75) is 5.38 Å². The monoisotopic (exact) mass is 357 g/mol. The average Bonchev–Trinajstić information content (AvgIpc) is 2.43. The summed E-state index contributed by atoms with van der Waals surface area (Å²) in [4.78, 5) is 12.1. The highest BCUT2D eigenvalue weighted by Crippen LogP contribution is 2.28. The molecule has 5 heteroatoms. The molecule has 0 saturated heterocycles. The first-order valence-electron chi connectivity index (χ1n) is 5.53. The normalized spacial score (nSPS) is 11.9. The molecule has 0 bridgehead atoms. The van der Waals surface area contributed by atoms with Crippen molar-refractivity contribution in [3.05, 3.63) is 63.6 Å². The van der Waals surface area contributed by atoms with E-state index in [1.807, 2.05) is 30.3 Å². The van der Waals surface area contributed by atoms with Gasteiger partial charge in [-0.2, -0.15) is 0 Å². The Morgan fingerprint density at radius 1 is 1.16 bits per heavy atom. The van der Waals surface area contributed by atoms with Gasteiger partial charge in [-0.05, 0) is 39.7 Å². The third-order valence-corrected chi connectivity index (χ3v) is 3.89. The van der Waals surface area contributed by atoms with Crippen LogP contribution < -0.4 is 5.32 Å². The third kappa shape index (κ3) is 3.72. The summed E-state index contributed by atoms with van der Waals surface area (Å²) < 4.78 is 0.752. The van der Waals surface area contributed by atoms with E-state index in [1.54, 1.807) is 18.2 Å². The van der Waals surface area contributed by atoms with Gasteiger partial charge in [-0.15, -0.1) is 11.6 Å². The number of rotatable bonds is 3. The van der Waals surface area contributed by atoms with Crippen LogP contribution in [0.5, 0.6) is 0 Å². The molecule has 0 aliphatic carbocycles. The van der Waals surface area contributed by atoms with Gasteiger partial charge in [-0.1, -0.05) is 41.9 Å². The fourth-order valence-electron chi connectivity index (χ4n) is 1.56. The first-order chi connectivity index (χ1) is 9.08. The van der Waals surface area contributed by atoms with Crippen molar-refractivity contribution in [1.29, 1.82) is 0 Å². The lowest BCUT2D eigenvalue weighted by atomic mass is 10.1. The summed E-state index contributed by atoms with van der Waals surface area (Å²) in [7, 11) is 0. The van der Waals surface area contributed by atoms with Crippen LogP contribution in [0, 0.1) is 0 Å². The molecule has 19 heavy (non-hydrogen) atoms. The fourth-order valence-corrected chi connectivity index (χ4v) is 2.28. The number of nitrogens with one attached hydrogen (secondary N) is 1. The van der Waals surface area contributed by atoms with E-state index >= 15 is 0 Å². The molecule has 0 aliphatic heterocycles. The summed E-state index contributed by atoms with van der Waals surface area (Å²) in [6, 6.07) is 14.3. The van der Waals surface area contributed by atoms with E-state index in [0.717, 1.165) is 10.0 Å². The summed E-state index contributed by atoms with van der Waals surface area (Å²) in [6.07, 6.45) is 0. The Morgan fingerprint density at radius 3 is 2.53 bits per heavy atom. The number of benzene rings is 2. The number of amides is 1. The van der Waals surface area contributed by atoms with Gasteiger partial charge < -0.3 is 5.32 Å². The summed E-state index contributed by atoms with van der Waals surface area (Å²) in [6.45, 7) is 0. The van der Waals surface area contributed by atoms with Crippen molar-refractivity contribution in [1.82, 2.24) is 0 Å². The van der Waals surface area contributed by atoms with Crippen molar-refractivity contribution in [2.24, 2.45) is 0 Å². The largest absolute Gasteiger partial charge is 0.323 e. The summed E-state index contributed by atoms with van der Waals surface area (Å²) >= 11 is 15.4. The van der Waals surface area contributed by atoms with Crippen molar-refractivity contribution < 1.29 is 4.79 Å². The van der Waals surface area contributed by atoms with Crippen LogP contribution in [0.2, 0.25) is 5.02 Å². The number of carbonyl (C=O) groups excluding carboxylic acids is 1. The van der Waals surface area contributed by atoms with Crippen LogP contribution in [-0.4, -0.2) is 5.91 Å². The molecular formula is C14H10BrCl2NO. The second-order valence-corrected chi connectivity index (χ2v) is 5.61. The van der Waals surface area contributed by atoms with Gasteiger partial charge in [-0.3, -0.25) is 4.79 Å². The zero-order valence-corrected chi connectivity index (χ0v) is 12.8. The number of alkyl halides is 1. The van der Waals surface area contributed by atoms with Crippen molar-refractivity contribution in [3.63, 3.8) is 0 Å². The van der Waals surface area contributed by atoms with Crippen LogP contribution in [0.4, 0.5) is 5.69 Å². The average molecular weight is 359 g/mol. The Morgan fingerprint density at radius 2 is 1.84 bits per heavy atom. The molecule has 2 aromatic carbocycles. The maximum atomic E-state index is 12.1. The first-order valence-corrected chi connectivity index (χ1v) is 7.13. The number of anilines is 1. The van der Waals surface area contributed by atoms with Gasteiger partial charge in [-0.25, -0.2) is 0 Å². The highest BCUT2D eigenvalue weighted by molar-refractivity contribution is 9.10. The number of carbonyl (C=O) groups is 1. The molecule has 0 heterocycles. The highest BCUT2D eigenvalue weighted by atomic mass is 79.9. The minimum absolute atomic E-state index is 0.296. The summed E-state index contributed by atoms with van der Waals surface area (Å²) in [5, 5.41) is 2.55. The van der Waals surface area contributed by atoms with Crippen LogP contribution in [0.15, 0.2) is 53.0 Å². The highest BCUT2D eigenvalue weighted by Gasteiger charge is 2.18. The molecule has 0 radical (unpaired) electrons. The standard InChI is InChI=1S/C14H10BrCl2NO/c15-11-7-6-10(16)8-12(11)18-14(19)13(17)9-4-2-1-3-5-9/h1-8,13H,(H,18,19). The molecule has 0 spiro atoms. The quantitative estimate of drug-likeness (QED) is 0.766. The Bertz CT molecular complexity index is 589. The van der Waals surface area contributed by atoms with Crippen LogP contribution >= 0.6 is 39.1 Å². The topological polar surface area (TPSA) is 29.1 Å². The van der Waals surface area contributed by atoms with E-state index in [0.29, 0.717) is 10.7 Å². The van der Waals surface area contributed by atoms with Gasteiger partial charge in [0.25, 0.3) is 0 Å². The molecule has 0 aliphatic rings. The Balaban J connectivity index is 2.15. The molecule has 1 unspecified atom stereocenters. The Labute approximate surface area is 129 Å². The lowest BCUT2D eigenvalue weighted by Crippen LogP contribution is -2.17. The molecule has 98 valence electrons. The fraction of sp³-hybridized carbons (Fsp3) is 0.0714. The third-order valence-electron chi connectivity index (χ3n) is 2.51. The number of hydrogen-bond donors (Lipinski definition) is 1. The first kappa shape index (κ1) is 14.4. The zero-order chi connectivity index (χ0) is 13.8. The predicted molar refractivity (Wildman–Crippen MR) is 82.8 cm³/mol. The molecule has 0 aromatic heterocycles. The van der Waals surface area contributed by atoms with Crippen LogP contribution in [0.3, 0.4) is 0 Å². The smallest absolute Gasteiger partial charge is 0.247 e. The second kappa shape index (κ2) is 6.42. The van der Waals surface area contributed by atoms with Crippen molar-refractivity contribution in [3.8, 4) is 0 Å². The maximum absolute atomic E-state index is 12.1. The molecule has 0 fully saturated rings. The van der Waals surface area contributed by atoms with Crippen LogP contribution in [0.25, 0.3) is 0 Å². The van der Waals surface area contributed by atoms with E-state index in [-0.39, 0.29) is 5.91 Å². The SMILES string of the molecule is O=C(Nc1cc(Cl)ccc1Br)C(Cl)c1ccccc1. The van der Waals surface area contributed by atoms with Gasteiger partial charge in [0.1, 0.15) is 5.38 Å². The van der Waals surface area contributed by atoms with Crippen molar-refractivity contribution >= 4 is 50.7 Å². The van der Waals surface area contributed by atoms with Crippen LogP contribution in [0.1, 0.15) is 10.9 Å². The number of halogens is 3. The molecule has 1 atom stereocenters. The van der Waals surface area contributed by atoms with Gasteiger partial charge in [0, 0.05) is 9.50 Å². The van der Waals surface area contributed by atoms with Crippen LogP contribution in [-0.2, 0) is 4.79 Å². The van der Waals surface area contributed by atoms with E-state index in [2.05, 4.69) is 21.2 Å². The summed E-state index contributed by atoms with van der Waals surface area (Å²) in [5.74, 6) is -0.296. The molecule has 2 nitrogen and oxygen atoms in total. The molecule has 1 N–H and O–H groups in total. The Hall–Kier alpha value is -1.03. The number of hydrogen-bond acceptors (Lipinski definition) is 1. The van der Waals surface area contributed by atoms with Gasteiger partial charge in [0.05, 0.1) is 5.69 Å². The van der Waals surface area contributed by atoms with Gasteiger partial charge >= 0.3 is 0 Å². The van der Waals surface area contributed by atoms with E-state index in [9.17, 15) is 4.79 Å². The minimum Gasteiger partial charge on any atom is -0.323 e. The Kier molecular flexibility index (Phi) is 4.86. The molecular weight excluding hydrogens is 349 g/mol. The molecule has 0 saturated carbocycles. The molecule has 1 amide bonds. The van der Waals surface area contributed by atoms with Crippen molar-refractivity contribution in [2.75, 3.05) is 5.32 Å². The van der Waals surface area contributed by atoms with E-state index in [1.165, 1.54) is 0 Å². The van der Waals surface area contributed by atoms with E-state index in [4.69, 9.17) is 23.2 Å². The summed E-state index contributed by atoms with van der Waals surface area (Å²) in [5.41, 5.74) is 1.35. The minimum atomic E-state index is -0.743. The molecule has 2 aromatic rings. The lowest BCUT2D eigenvalue weighted by molar-refractivity contribution is -0.116. The lowest BCUT2D eigenvalue weighted by Gasteiger charge is -2.12. The molecule has 2 rings (SSSR count). The van der Waals surface area contributed by atoms with Gasteiger partial charge in [0.2, 0.25) is 5.91 Å².